The Bertz CT molecular complexity index is 893. The van der Waals surface area contributed by atoms with Crippen molar-refractivity contribution in [3.8, 4) is 0 Å². The zero-order chi connectivity index (χ0) is 18.3. The van der Waals surface area contributed by atoms with Crippen LogP contribution < -0.4 is 4.90 Å². The fraction of sp³-hybridized carbons (Fsp3) is 0.545. The summed E-state index contributed by atoms with van der Waals surface area (Å²) in [7, 11) is 2.14. The van der Waals surface area contributed by atoms with Gasteiger partial charge in [-0.25, -0.2) is 0 Å². The highest BCUT2D eigenvalue weighted by molar-refractivity contribution is 6.06. The molecule has 0 radical (unpaired) electrons. The van der Waals surface area contributed by atoms with Crippen LogP contribution in [0, 0.1) is 11.8 Å². The quantitative estimate of drug-likeness (QED) is 0.660. The molecule has 1 aliphatic carbocycles. The highest BCUT2D eigenvalue weighted by Gasteiger charge is 2.67. The van der Waals surface area contributed by atoms with Crippen LogP contribution in [0.25, 0.3) is 0 Å². The number of ketones is 1. The Morgan fingerprint density at radius 3 is 2.93 bits per heavy atom. The molecule has 1 aromatic rings. The second kappa shape index (κ2) is 5.30. The molecule has 5 heterocycles. The Morgan fingerprint density at radius 1 is 1.19 bits per heavy atom. The average Bonchev–Trinajstić information content (AvgIpc) is 2.90. The maximum atomic E-state index is 13.8. The van der Waals surface area contributed by atoms with Crippen LogP contribution in [0.15, 0.2) is 35.9 Å². The lowest BCUT2D eigenvalue weighted by Gasteiger charge is -2.53. The van der Waals surface area contributed by atoms with Gasteiger partial charge in [-0.3, -0.25) is 9.59 Å². The number of amides is 1. The summed E-state index contributed by atoms with van der Waals surface area (Å²) in [5, 5.41) is 0. The molecular formula is C22H24N2O3. The summed E-state index contributed by atoms with van der Waals surface area (Å²) in [6, 6.07) is 8.01. The van der Waals surface area contributed by atoms with E-state index in [9.17, 15) is 9.59 Å². The van der Waals surface area contributed by atoms with Crippen molar-refractivity contribution >= 4 is 17.4 Å². The SMILES string of the molecule is CN1CC[C@]23C(=O)C[C@H]4C(=CCO[C@@H]5CC(=O)N(c6ccccc62)[C@@H]3[C@@H]54)C1. The number of rotatable bonds is 0. The molecule has 1 saturated carbocycles. The lowest BCUT2D eigenvalue weighted by molar-refractivity contribution is -0.140. The molecule has 0 unspecified atom stereocenters. The van der Waals surface area contributed by atoms with E-state index in [-0.39, 0.29) is 29.9 Å². The summed E-state index contributed by atoms with van der Waals surface area (Å²) in [5.41, 5.74) is 2.78. The van der Waals surface area contributed by atoms with E-state index in [4.69, 9.17) is 4.74 Å². The van der Waals surface area contributed by atoms with E-state index in [2.05, 4.69) is 24.1 Å². The van der Waals surface area contributed by atoms with Crippen LogP contribution in [-0.4, -0.2) is 55.5 Å². The number of nitrogens with zero attached hydrogens (tertiary/aromatic N) is 2. The zero-order valence-electron chi connectivity index (χ0n) is 15.6. The molecule has 3 saturated heterocycles. The van der Waals surface area contributed by atoms with E-state index in [1.807, 2.05) is 23.1 Å². The highest BCUT2D eigenvalue weighted by Crippen LogP contribution is 2.60. The first-order chi connectivity index (χ1) is 13.1. The van der Waals surface area contributed by atoms with Crippen LogP contribution in [0.2, 0.25) is 0 Å². The van der Waals surface area contributed by atoms with Gasteiger partial charge < -0.3 is 14.5 Å². The monoisotopic (exact) mass is 364 g/mol. The number of likely N-dealkylation sites (N-methyl/N-ethyl adjacent to an activating group) is 1. The number of anilines is 1. The van der Waals surface area contributed by atoms with Gasteiger partial charge in [-0.2, -0.15) is 0 Å². The van der Waals surface area contributed by atoms with Gasteiger partial charge >= 0.3 is 0 Å². The minimum atomic E-state index is -0.580. The van der Waals surface area contributed by atoms with E-state index < -0.39 is 5.41 Å². The maximum Gasteiger partial charge on any atom is 0.229 e. The van der Waals surface area contributed by atoms with Gasteiger partial charge in [0.15, 0.2) is 0 Å². The molecule has 0 aromatic heterocycles. The molecule has 5 atom stereocenters. The van der Waals surface area contributed by atoms with Gasteiger partial charge in [0.1, 0.15) is 5.78 Å². The third-order valence-corrected chi connectivity index (χ3v) is 7.71. The van der Waals surface area contributed by atoms with Crippen LogP contribution in [0.4, 0.5) is 5.69 Å². The van der Waals surface area contributed by atoms with E-state index in [0.717, 1.165) is 30.8 Å². The Balaban J connectivity index is 1.66. The molecule has 1 spiro atoms. The Labute approximate surface area is 159 Å². The second-order valence-electron chi connectivity index (χ2n) is 8.85. The average molecular weight is 364 g/mol. The molecule has 5 aliphatic heterocycles. The minimum absolute atomic E-state index is 0.0808. The number of benzene rings is 1. The van der Waals surface area contributed by atoms with E-state index in [1.165, 1.54) is 5.57 Å². The van der Waals surface area contributed by atoms with E-state index in [1.54, 1.807) is 0 Å². The Morgan fingerprint density at radius 2 is 2.04 bits per heavy atom. The molecule has 7 rings (SSSR count). The standard InChI is InChI=1S/C22H24N2O3/c1-23-8-7-22-15-4-2-3-5-16(15)24-19(26)11-17-20(21(22)24)14(10-18(22)25)13(12-23)6-9-27-17/h2-6,14,17,20-21H,7-12H2,1H3/t14-,17+,20+,21+,22+/m0/s1. The minimum Gasteiger partial charge on any atom is -0.373 e. The number of para-hydroxylation sites is 1. The molecule has 5 heteroatoms. The Kier molecular flexibility index (Phi) is 3.14. The van der Waals surface area contributed by atoms with Crippen molar-refractivity contribution < 1.29 is 14.3 Å². The highest BCUT2D eigenvalue weighted by atomic mass is 16.5. The molecule has 1 aromatic carbocycles. The van der Waals surface area contributed by atoms with Crippen molar-refractivity contribution in [3.63, 3.8) is 0 Å². The lowest BCUT2D eigenvalue weighted by atomic mass is 9.55. The molecule has 5 nitrogen and oxygen atoms in total. The number of ether oxygens (including phenoxy) is 1. The largest absolute Gasteiger partial charge is 0.373 e. The summed E-state index contributed by atoms with van der Waals surface area (Å²) >= 11 is 0. The number of fused-ring (bicyclic) bond motifs is 6. The van der Waals surface area contributed by atoms with Crippen LogP contribution in [0.1, 0.15) is 24.8 Å². The van der Waals surface area contributed by atoms with Crippen molar-refractivity contribution in [3.05, 3.63) is 41.5 Å². The molecule has 27 heavy (non-hydrogen) atoms. The third-order valence-electron chi connectivity index (χ3n) is 7.71. The van der Waals surface area contributed by atoms with E-state index >= 15 is 0 Å². The maximum absolute atomic E-state index is 13.8. The van der Waals surface area contributed by atoms with Crippen LogP contribution in [0.5, 0.6) is 0 Å². The fourth-order valence-corrected chi connectivity index (χ4v) is 6.64. The van der Waals surface area contributed by atoms with Crippen molar-refractivity contribution in [2.45, 2.75) is 36.8 Å². The molecule has 0 N–H and O–H groups in total. The van der Waals surface area contributed by atoms with Crippen LogP contribution >= 0.6 is 0 Å². The summed E-state index contributed by atoms with van der Waals surface area (Å²) in [6.07, 6.45) is 3.88. The van der Waals surface area contributed by atoms with Gasteiger partial charge in [0, 0.05) is 24.6 Å². The van der Waals surface area contributed by atoms with Crippen molar-refractivity contribution in [1.29, 1.82) is 0 Å². The van der Waals surface area contributed by atoms with Crippen molar-refractivity contribution in [2.75, 3.05) is 31.6 Å². The van der Waals surface area contributed by atoms with Gasteiger partial charge in [-0.15, -0.1) is 0 Å². The number of hydrogen-bond acceptors (Lipinski definition) is 4. The predicted molar refractivity (Wildman–Crippen MR) is 101 cm³/mol. The molecule has 6 aliphatic rings. The predicted octanol–water partition coefficient (Wildman–Crippen LogP) is 1.91. The van der Waals surface area contributed by atoms with E-state index in [0.29, 0.717) is 25.2 Å². The molecule has 1 amide bonds. The molecular weight excluding hydrogens is 340 g/mol. The van der Waals surface area contributed by atoms with Crippen molar-refractivity contribution in [2.24, 2.45) is 11.8 Å². The van der Waals surface area contributed by atoms with Gasteiger partial charge in [0.2, 0.25) is 5.91 Å². The number of Topliss-reactive ketones (excluding diaryl/α,β-unsaturated/α-hetero) is 1. The second-order valence-corrected chi connectivity index (χ2v) is 8.85. The Hall–Kier alpha value is -1.98. The summed E-state index contributed by atoms with van der Waals surface area (Å²) in [4.78, 5) is 31.3. The first kappa shape index (κ1) is 16.0. The number of carbonyl (C=O) groups is 2. The van der Waals surface area contributed by atoms with Gasteiger partial charge in [0.25, 0.3) is 0 Å². The summed E-state index contributed by atoms with van der Waals surface area (Å²) < 4.78 is 6.20. The molecule has 4 bridgehead atoms. The normalized spacial score (nSPS) is 40.0. The first-order valence-corrected chi connectivity index (χ1v) is 10.1. The van der Waals surface area contributed by atoms with Gasteiger partial charge in [-0.05, 0) is 37.6 Å². The van der Waals surface area contributed by atoms with Gasteiger partial charge in [0.05, 0.1) is 30.6 Å². The number of carbonyl (C=O) groups excluding carboxylic acids is 2. The molecule has 4 fully saturated rings. The molecule has 140 valence electrons. The fourth-order valence-electron chi connectivity index (χ4n) is 6.64. The first-order valence-electron chi connectivity index (χ1n) is 10.1. The summed E-state index contributed by atoms with van der Waals surface area (Å²) in [5.74, 6) is 0.821. The lowest BCUT2D eigenvalue weighted by Crippen LogP contribution is -2.66. The van der Waals surface area contributed by atoms with Crippen molar-refractivity contribution in [1.82, 2.24) is 4.90 Å². The zero-order valence-corrected chi connectivity index (χ0v) is 15.6. The van der Waals surface area contributed by atoms with Crippen LogP contribution in [-0.2, 0) is 19.7 Å². The number of piperidine rings is 1. The number of hydrogen-bond donors (Lipinski definition) is 0. The smallest absolute Gasteiger partial charge is 0.229 e. The topological polar surface area (TPSA) is 49.9 Å². The third kappa shape index (κ3) is 1.87. The van der Waals surface area contributed by atoms with Gasteiger partial charge in [-0.1, -0.05) is 29.8 Å². The van der Waals surface area contributed by atoms with Crippen LogP contribution in [0.3, 0.4) is 0 Å². The summed E-state index contributed by atoms with van der Waals surface area (Å²) in [6.45, 7) is 2.30.